The number of alkyl halides is 6. The van der Waals surface area contributed by atoms with E-state index in [2.05, 4.69) is 20.7 Å². The molecule has 3 aromatic rings. The highest BCUT2D eigenvalue weighted by atomic mass is 19.4. The maximum Gasteiger partial charge on any atom is 0.490 e. The lowest BCUT2D eigenvalue weighted by Crippen LogP contribution is -2.42. The largest absolute Gasteiger partial charge is 0.490 e. The Balaban J connectivity index is 0.000000479. The van der Waals surface area contributed by atoms with E-state index in [1.807, 2.05) is 0 Å². The molecule has 5 N–H and O–H groups in total. The first-order valence-electron chi connectivity index (χ1n) is 10.9. The Kier molecular flexibility index (Phi) is 8.25. The second-order valence-corrected chi connectivity index (χ2v) is 8.14. The topological polar surface area (TPSA) is 135 Å². The zero-order valence-corrected chi connectivity index (χ0v) is 19.0. The summed E-state index contributed by atoms with van der Waals surface area (Å²) in [4.78, 5) is 26.1. The van der Waals surface area contributed by atoms with Crippen molar-refractivity contribution in [2.75, 3.05) is 10.6 Å². The van der Waals surface area contributed by atoms with Gasteiger partial charge in [0.05, 0.1) is 17.4 Å². The molecule has 9 nitrogen and oxygen atoms in total. The van der Waals surface area contributed by atoms with E-state index in [1.165, 1.54) is 28.9 Å². The van der Waals surface area contributed by atoms with E-state index < -0.39 is 29.8 Å². The second kappa shape index (κ2) is 11.0. The maximum absolute atomic E-state index is 13.2. The van der Waals surface area contributed by atoms with E-state index in [-0.39, 0.29) is 29.0 Å². The maximum atomic E-state index is 13.2. The minimum absolute atomic E-state index is 0.0170. The van der Waals surface area contributed by atoms with Gasteiger partial charge in [0.15, 0.2) is 5.65 Å². The highest BCUT2D eigenvalue weighted by Gasteiger charge is 2.38. The van der Waals surface area contributed by atoms with Gasteiger partial charge in [0.2, 0.25) is 0 Å². The Morgan fingerprint density at radius 1 is 1.05 bits per heavy atom. The van der Waals surface area contributed by atoms with Crippen molar-refractivity contribution in [2.24, 2.45) is 5.73 Å². The van der Waals surface area contributed by atoms with E-state index in [9.17, 15) is 31.1 Å². The number of hydrogen-bond acceptors (Lipinski definition) is 6. The SMILES string of the molecule is N[C@H]1CCCC[C@H]1Nc1ccn2ncc(C(=O)Nc3ccccc3C(F)(F)F)c2n1.O=C(O)C(F)(F)F. The average Bonchev–Trinajstić information content (AvgIpc) is 3.23. The molecule has 1 saturated carbocycles. The van der Waals surface area contributed by atoms with Crippen LogP contribution in [0.4, 0.5) is 37.8 Å². The summed E-state index contributed by atoms with van der Waals surface area (Å²) in [5, 5.41) is 16.8. The van der Waals surface area contributed by atoms with E-state index in [1.54, 1.807) is 12.3 Å². The van der Waals surface area contributed by atoms with Gasteiger partial charge >= 0.3 is 18.3 Å². The Morgan fingerprint density at radius 2 is 1.70 bits per heavy atom. The Labute approximate surface area is 205 Å². The molecule has 2 aromatic heterocycles. The van der Waals surface area contributed by atoms with Gasteiger partial charge in [-0.3, -0.25) is 4.79 Å². The molecule has 0 aliphatic heterocycles. The van der Waals surface area contributed by atoms with Crippen LogP contribution < -0.4 is 16.4 Å². The third kappa shape index (κ3) is 7.09. The number of rotatable bonds is 4. The summed E-state index contributed by atoms with van der Waals surface area (Å²) in [7, 11) is 0. The molecule has 2 atom stereocenters. The van der Waals surface area contributed by atoms with Crippen molar-refractivity contribution in [2.45, 2.75) is 50.1 Å². The van der Waals surface area contributed by atoms with Crippen LogP contribution in [0.1, 0.15) is 41.6 Å². The number of para-hydroxylation sites is 1. The first-order chi connectivity index (χ1) is 17.3. The molecule has 1 aliphatic carbocycles. The van der Waals surface area contributed by atoms with E-state index in [4.69, 9.17) is 15.6 Å². The van der Waals surface area contributed by atoms with Gasteiger partial charge in [-0.1, -0.05) is 25.0 Å². The number of nitrogens with two attached hydrogens (primary N) is 1. The fourth-order valence-corrected chi connectivity index (χ4v) is 3.67. The molecular weight excluding hydrogens is 510 g/mol. The van der Waals surface area contributed by atoms with Gasteiger partial charge in [0, 0.05) is 18.3 Å². The normalized spacial score (nSPS) is 18.0. The number of aromatic nitrogens is 3. The molecule has 0 radical (unpaired) electrons. The number of carbonyl (C=O) groups is 2. The van der Waals surface area contributed by atoms with Gasteiger partial charge in [-0.25, -0.2) is 14.3 Å². The molecule has 4 rings (SSSR count). The third-order valence-corrected chi connectivity index (χ3v) is 5.49. The van der Waals surface area contributed by atoms with Crippen molar-refractivity contribution in [1.29, 1.82) is 0 Å². The molecule has 1 aliphatic rings. The number of nitrogens with one attached hydrogen (secondary N) is 2. The Morgan fingerprint density at radius 3 is 2.32 bits per heavy atom. The zero-order chi connectivity index (χ0) is 27.4. The monoisotopic (exact) mass is 532 g/mol. The number of hydrogen-bond donors (Lipinski definition) is 4. The third-order valence-electron chi connectivity index (χ3n) is 5.49. The lowest BCUT2D eigenvalue weighted by molar-refractivity contribution is -0.192. The predicted octanol–water partition coefficient (Wildman–Crippen LogP) is 4.32. The number of benzene rings is 1. The Hall–Kier alpha value is -3.88. The van der Waals surface area contributed by atoms with Crippen molar-refractivity contribution >= 4 is 29.0 Å². The lowest BCUT2D eigenvalue weighted by Gasteiger charge is -2.29. The quantitative estimate of drug-likeness (QED) is 0.368. The second-order valence-electron chi connectivity index (χ2n) is 8.14. The highest BCUT2D eigenvalue weighted by Crippen LogP contribution is 2.34. The van der Waals surface area contributed by atoms with Crippen LogP contribution in [-0.2, 0) is 11.0 Å². The standard InChI is InChI=1S/C20H21F3N6O.C2HF3O2/c21-20(22,23)13-5-1-3-7-15(13)27-19(30)12-11-25-29-10-9-17(28-18(12)29)26-16-8-4-2-6-14(16)24;3-2(4,5)1(6)7/h1,3,5,7,9-11,14,16H,2,4,6,8,24H2,(H,26,28)(H,27,30);(H,6,7)/t14-,16+;/m0./s1. The summed E-state index contributed by atoms with van der Waals surface area (Å²) < 4.78 is 72.7. The minimum Gasteiger partial charge on any atom is -0.475 e. The average molecular weight is 532 g/mol. The molecule has 2 heterocycles. The lowest BCUT2D eigenvalue weighted by atomic mass is 9.91. The molecule has 1 amide bonds. The Bertz CT molecular complexity index is 1260. The molecule has 0 spiro atoms. The van der Waals surface area contributed by atoms with Crippen molar-refractivity contribution in [1.82, 2.24) is 14.6 Å². The van der Waals surface area contributed by atoms with Crippen molar-refractivity contribution in [3.63, 3.8) is 0 Å². The van der Waals surface area contributed by atoms with Gasteiger partial charge < -0.3 is 21.5 Å². The highest BCUT2D eigenvalue weighted by molar-refractivity contribution is 6.08. The molecule has 0 bridgehead atoms. The molecular formula is C22H22F6N6O3. The summed E-state index contributed by atoms with van der Waals surface area (Å²) in [5.41, 5.74) is 5.24. The van der Waals surface area contributed by atoms with Crippen LogP contribution in [0.15, 0.2) is 42.7 Å². The summed E-state index contributed by atoms with van der Waals surface area (Å²) in [6.07, 6.45) is -2.72. The van der Waals surface area contributed by atoms with Crippen molar-refractivity contribution in [3.05, 3.63) is 53.9 Å². The van der Waals surface area contributed by atoms with Crippen LogP contribution in [0.25, 0.3) is 5.65 Å². The van der Waals surface area contributed by atoms with Crippen molar-refractivity contribution < 1.29 is 41.0 Å². The number of fused-ring (bicyclic) bond motifs is 1. The molecule has 15 heteroatoms. The number of halogens is 6. The number of aliphatic carboxylic acids is 1. The summed E-state index contributed by atoms with van der Waals surface area (Å²) in [6, 6.07) is 6.63. The summed E-state index contributed by atoms with van der Waals surface area (Å²) in [6.45, 7) is 0. The molecule has 37 heavy (non-hydrogen) atoms. The first-order valence-corrected chi connectivity index (χ1v) is 10.9. The number of carboxylic acid groups (broad SMARTS) is 1. The molecule has 200 valence electrons. The number of nitrogens with zero attached hydrogens (tertiary/aromatic N) is 3. The van der Waals surface area contributed by atoms with Crippen LogP contribution >= 0.6 is 0 Å². The predicted molar refractivity (Wildman–Crippen MR) is 120 cm³/mol. The molecule has 0 saturated heterocycles. The number of carboxylic acids is 1. The van der Waals surface area contributed by atoms with Crippen molar-refractivity contribution in [3.8, 4) is 0 Å². The number of amides is 1. The smallest absolute Gasteiger partial charge is 0.475 e. The van der Waals surface area contributed by atoms with Crippen LogP contribution in [-0.4, -0.2) is 49.8 Å². The summed E-state index contributed by atoms with van der Waals surface area (Å²) >= 11 is 0. The van der Waals surface area contributed by atoms with Gasteiger partial charge in [0.25, 0.3) is 5.91 Å². The fourth-order valence-electron chi connectivity index (χ4n) is 3.67. The molecule has 1 aromatic carbocycles. The van der Waals surface area contributed by atoms with Crippen LogP contribution in [0, 0.1) is 0 Å². The van der Waals surface area contributed by atoms with Gasteiger partial charge in [0.1, 0.15) is 11.4 Å². The van der Waals surface area contributed by atoms with Gasteiger partial charge in [-0.2, -0.15) is 31.4 Å². The van der Waals surface area contributed by atoms with Crippen LogP contribution in [0.3, 0.4) is 0 Å². The molecule has 1 fully saturated rings. The van der Waals surface area contributed by atoms with Crippen LogP contribution in [0.2, 0.25) is 0 Å². The van der Waals surface area contributed by atoms with E-state index >= 15 is 0 Å². The number of anilines is 2. The number of carbonyl (C=O) groups excluding carboxylic acids is 1. The fraction of sp³-hybridized carbons (Fsp3) is 0.364. The van der Waals surface area contributed by atoms with E-state index in [0.29, 0.717) is 5.82 Å². The minimum atomic E-state index is -5.08. The first kappa shape index (κ1) is 27.7. The molecule has 0 unspecified atom stereocenters. The van der Waals surface area contributed by atoms with Gasteiger partial charge in [-0.05, 0) is 31.0 Å². The van der Waals surface area contributed by atoms with E-state index in [0.717, 1.165) is 31.7 Å². The summed E-state index contributed by atoms with van der Waals surface area (Å²) in [5.74, 6) is -2.94. The van der Waals surface area contributed by atoms with Crippen LogP contribution in [0.5, 0.6) is 0 Å². The zero-order valence-electron chi connectivity index (χ0n) is 19.0. The van der Waals surface area contributed by atoms with Gasteiger partial charge in [-0.15, -0.1) is 0 Å².